The highest BCUT2D eigenvalue weighted by Gasteiger charge is 2.32. The van der Waals surface area contributed by atoms with Gasteiger partial charge in [0.05, 0.1) is 9.85 Å². The van der Waals surface area contributed by atoms with Crippen LogP contribution in [0.25, 0.3) is 11.1 Å². The van der Waals surface area contributed by atoms with E-state index in [4.69, 9.17) is 5.11 Å². The molecule has 0 saturated carbocycles. The first-order valence-electron chi connectivity index (χ1n) is 8.16. The number of nitro groups is 2. The molecule has 1 aliphatic rings. The van der Waals surface area contributed by atoms with Gasteiger partial charge in [0.15, 0.2) is 5.78 Å². The fourth-order valence-electron chi connectivity index (χ4n) is 3.27. The van der Waals surface area contributed by atoms with Crippen molar-refractivity contribution in [2.24, 2.45) is 0 Å². The van der Waals surface area contributed by atoms with E-state index in [0.717, 1.165) is 0 Å². The van der Waals surface area contributed by atoms with Gasteiger partial charge in [0.2, 0.25) is 0 Å². The lowest BCUT2D eigenvalue weighted by Crippen LogP contribution is -2.00. The molecule has 0 aromatic heterocycles. The molecule has 1 aliphatic carbocycles. The topological polar surface area (TPSA) is 141 Å². The zero-order chi connectivity index (χ0) is 19.7. The highest BCUT2D eigenvalue weighted by atomic mass is 16.6. The normalized spacial score (nSPS) is 11.8. The molecule has 9 heteroatoms. The predicted octanol–water partition coefficient (Wildman–Crippen LogP) is 3.51. The molecule has 0 saturated heterocycles. The van der Waals surface area contributed by atoms with Crippen molar-refractivity contribution >= 4 is 23.1 Å². The lowest BCUT2D eigenvalue weighted by molar-refractivity contribution is -0.385. The lowest BCUT2D eigenvalue weighted by atomic mass is 9.94. The van der Waals surface area contributed by atoms with E-state index in [-0.39, 0.29) is 28.9 Å². The Bertz CT molecular complexity index is 997. The van der Waals surface area contributed by atoms with Crippen LogP contribution in [-0.4, -0.2) is 26.7 Å². The van der Waals surface area contributed by atoms with Gasteiger partial charge in [-0.05, 0) is 42.0 Å². The molecular formula is C18H14N2O7. The van der Waals surface area contributed by atoms with Crippen molar-refractivity contribution in [3.05, 3.63) is 67.3 Å². The number of nitrogens with zero attached hydrogens (tertiary/aromatic N) is 2. The van der Waals surface area contributed by atoms with Gasteiger partial charge in [-0.15, -0.1) is 0 Å². The van der Waals surface area contributed by atoms with Gasteiger partial charge in [-0.3, -0.25) is 29.8 Å². The Labute approximate surface area is 152 Å². The number of carboxylic acids is 1. The molecule has 2 aromatic carbocycles. The van der Waals surface area contributed by atoms with E-state index in [1.807, 2.05) is 0 Å². The Kier molecular flexibility index (Phi) is 4.68. The minimum absolute atomic E-state index is 0.0151. The number of carbonyl (C=O) groups excluding carboxylic acids is 1. The van der Waals surface area contributed by atoms with Crippen molar-refractivity contribution in [3.63, 3.8) is 0 Å². The molecule has 0 fully saturated rings. The van der Waals surface area contributed by atoms with Crippen LogP contribution in [0.1, 0.15) is 40.7 Å². The van der Waals surface area contributed by atoms with Crippen LogP contribution in [0.2, 0.25) is 0 Å². The summed E-state index contributed by atoms with van der Waals surface area (Å²) in [6, 6.07) is 6.51. The Morgan fingerprint density at radius 2 is 1.59 bits per heavy atom. The van der Waals surface area contributed by atoms with Crippen molar-refractivity contribution in [3.8, 4) is 11.1 Å². The molecule has 0 radical (unpaired) electrons. The minimum atomic E-state index is -0.924. The molecule has 9 nitrogen and oxygen atoms in total. The first-order chi connectivity index (χ1) is 12.8. The van der Waals surface area contributed by atoms with Gasteiger partial charge in [-0.2, -0.15) is 0 Å². The number of aliphatic carboxylic acids is 1. The summed E-state index contributed by atoms with van der Waals surface area (Å²) in [5, 5.41) is 30.9. The standard InChI is InChI=1S/C18H14N2O7/c21-16(22)4-2-1-3-10-7-12(20(26)27)9-15-17(10)13-6-5-11(19(24)25)8-14(13)18(15)23/h5-9H,1-4H2,(H,21,22). The maximum absolute atomic E-state index is 12.7. The maximum atomic E-state index is 12.7. The number of nitro benzene ring substituents is 2. The van der Waals surface area contributed by atoms with Gasteiger partial charge in [-0.1, -0.05) is 0 Å². The van der Waals surface area contributed by atoms with Crippen LogP contribution in [0.3, 0.4) is 0 Å². The third-order valence-electron chi connectivity index (χ3n) is 4.47. The Balaban J connectivity index is 2.06. The van der Waals surface area contributed by atoms with Crippen LogP contribution in [0.4, 0.5) is 11.4 Å². The second kappa shape index (κ2) is 6.94. The van der Waals surface area contributed by atoms with Gasteiger partial charge in [0.25, 0.3) is 11.4 Å². The predicted molar refractivity (Wildman–Crippen MR) is 93.8 cm³/mol. The van der Waals surface area contributed by atoms with E-state index >= 15 is 0 Å². The summed E-state index contributed by atoms with van der Waals surface area (Å²) < 4.78 is 0. The van der Waals surface area contributed by atoms with Crippen molar-refractivity contribution < 1.29 is 24.5 Å². The lowest BCUT2D eigenvalue weighted by Gasteiger charge is -2.09. The van der Waals surface area contributed by atoms with Gasteiger partial charge in [0, 0.05) is 41.8 Å². The third-order valence-corrected chi connectivity index (χ3v) is 4.47. The maximum Gasteiger partial charge on any atom is 0.303 e. The number of carbonyl (C=O) groups is 2. The molecular weight excluding hydrogens is 356 g/mol. The molecule has 0 heterocycles. The average molecular weight is 370 g/mol. The van der Waals surface area contributed by atoms with E-state index in [1.165, 1.54) is 30.3 Å². The van der Waals surface area contributed by atoms with Crippen molar-refractivity contribution in [1.29, 1.82) is 0 Å². The van der Waals surface area contributed by atoms with E-state index in [1.54, 1.807) is 0 Å². The summed E-state index contributed by atoms with van der Waals surface area (Å²) in [6.45, 7) is 0. The van der Waals surface area contributed by atoms with Crippen LogP contribution in [0, 0.1) is 20.2 Å². The smallest absolute Gasteiger partial charge is 0.303 e. The number of unbranched alkanes of at least 4 members (excludes halogenated alkanes) is 1. The van der Waals surface area contributed by atoms with Crippen LogP contribution >= 0.6 is 0 Å². The van der Waals surface area contributed by atoms with Gasteiger partial charge >= 0.3 is 5.97 Å². The Morgan fingerprint density at radius 3 is 2.22 bits per heavy atom. The molecule has 0 unspecified atom stereocenters. The summed E-state index contributed by atoms with van der Waals surface area (Å²) in [6.07, 6.45) is 1.23. The number of aryl methyl sites for hydroxylation is 1. The highest BCUT2D eigenvalue weighted by Crippen LogP contribution is 2.42. The molecule has 3 rings (SSSR count). The molecule has 0 aliphatic heterocycles. The number of hydrogen-bond acceptors (Lipinski definition) is 6. The second-order valence-corrected chi connectivity index (χ2v) is 6.20. The molecule has 27 heavy (non-hydrogen) atoms. The van der Waals surface area contributed by atoms with E-state index in [2.05, 4.69) is 0 Å². The average Bonchev–Trinajstić information content (AvgIpc) is 2.90. The summed E-state index contributed by atoms with van der Waals surface area (Å²) >= 11 is 0. The summed E-state index contributed by atoms with van der Waals surface area (Å²) in [4.78, 5) is 44.3. The molecule has 1 N–H and O–H groups in total. The van der Waals surface area contributed by atoms with E-state index in [9.17, 15) is 29.8 Å². The molecule has 0 spiro atoms. The quantitative estimate of drug-likeness (QED) is 0.381. The van der Waals surface area contributed by atoms with E-state index in [0.29, 0.717) is 36.0 Å². The largest absolute Gasteiger partial charge is 0.481 e. The fourth-order valence-corrected chi connectivity index (χ4v) is 3.27. The monoisotopic (exact) mass is 370 g/mol. The number of ketones is 1. The van der Waals surface area contributed by atoms with Crippen LogP contribution < -0.4 is 0 Å². The van der Waals surface area contributed by atoms with E-state index < -0.39 is 21.6 Å². The molecule has 2 aromatic rings. The van der Waals surface area contributed by atoms with Gasteiger partial charge in [0.1, 0.15) is 0 Å². The molecule has 0 bridgehead atoms. The second-order valence-electron chi connectivity index (χ2n) is 6.20. The Morgan fingerprint density at radius 1 is 0.926 bits per heavy atom. The Hall–Kier alpha value is -3.62. The first kappa shape index (κ1) is 18.2. The SMILES string of the molecule is O=C(O)CCCCc1cc([N+](=O)[O-])cc2c1-c1ccc([N+](=O)[O-])cc1C2=O. The van der Waals surface area contributed by atoms with Crippen molar-refractivity contribution in [2.75, 3.05) is 0 Å². The summed E-state index contributed by atoms with van der Waals surface area (Å²) in [5.74, 6) is -1.41. The van der Waals surface area contributed by atoms with Gasteiger partial charge in [-0.25, -0.2) is 0 Å². The van der Waals surface area contributed by atoms with Crippen LogP contribution in [0.5, 0.6) is 0 Å². The number of rotatable bonds is 7. The zero-order valence-electron chi connectivity index (χ0n) is 14.0. The highest BCUT2D eigenvalue weighted by molar-refractivity contribution is 6.22. The number of carboxylic acid groups (broad SMARTS) is 1. The number of fused-ring (bicyclic) bond motifs is 3. The van der Waals surface area contributed by atoms with Crippen LogP contribution in [-0.2, 0) is 11.2 Å². The van der Waals surface area contributed by atoms with Crippen molar-refractivity contribution in [1.82, 2.24) is 0 Å². The summed E-state index contributed by atoms with van der Waals surface area (Å²) in [7, 11) is 0. The molecule has 0 atom stereocenters. The zero-order valence-corrected chi connectivity index (χ0v) is 14.0. The fraction of sp³-hybridized carbons (Fsp3) is 0.222. The summed E-state index contributed by atoms with van der Waals surface area (Å²) in [5.41, 5.74) is 1.42. The third kappa shape index (κ3) is 3.39. The van der Waals surface area contributed by atoms with Gasteiger partial charge < -0.3 is 5.11 Å². The van der Waals surface area contributed by atoms with Crippen LogP contribution in [0.15, 0.2) is 30.3 Å². The molecule has 138 valence electrons. The van der Waals surface area contributed by atoms with Crippen molar-refractivity contribution in [2.45, 2.75) is 25.7 Å². The molecule has 0 amide bonds. The first-order valence-corrected chi connectivity index (χ1v) is 8.16. The minimum Gasteiger partial charge on any atom is -0.481 e. The number of hydrogen-bond donors (Lipinski definition) is 1. The number of non-ortho nitro benzene ring substituents is 2. The number of benzene rings is 2.